The van der Waals surface area contributed by atoms with Crippen molar-refractivity contribution in [2.24, 2.45) is 0 Å². The highest BCUT2D eigenvalue weighted by Crippen LogP contribution is 2.41. The molecule has 0 saturated heterocycles. The van der Waals surface area contributed by atoms with Gasteiger partial charge in [-0.1, -0.05) is 30.3 Å². The first-order valence-electron chi connectivity index (χ1n) is 9.64. The number of aromatic nitrogens is 1. The molecule has 2 aromatic carbocycles. The molecule has 0 unspecified atom stereocenters. The van der Waals surface area contributed by atoms with Gasteiger partial charge in [0.15, 0.2) is 5.76 Å². The lowest BCUT2D eigenvalue weighted by molar-refractivity contribution is -0.384. The normalized spacial score (nSPS) is 10.6. The number of ether oxygens (including phenoxy) is 1. The third-order valence-electron chi connectivity index (χ3n) is 4.76. The van der Waals surface area contributed by atoms with Gasteiger partial charge in [0.1, 0.15) is 5.69 Å². The number of nitro groups is 1. The van der Waals surface area contributed by atoms with Crippen molar-refractivity contribution in [3.05, 3.63) is 94.9 Å². The van der Waals surface area contributed by atoms with Crippen molar-refractivity contribution >= 4 is 11.7 Å². The fourth-order valence-corrected chi connectivity index (χ4v) is 3.41. The summed E-state index contributed by atoms with van der Waals surface area (Å²) in [5, 5.41) is 11.1. The van der Waals surface area contributed by atoms with Crippen molar-refractivity contribution < 1.29 is 18.9 Å². The molecule has 4 aromatic rings. The van der Waals surface area contributed by atoms with Crippen LogP contribution >= 0.6 is 0 Å². The first-order valence-corrected chi connectivity index (χ1v) is 9.64. The lowest BCUT2D eigenvalue weighted by Crippen LogP contribution is -2.09. The highest BCUT2D eigenvalue weighted by molar-refractivity contribution is 6.04. The van der Waals surface area contributed by atoms with Crippen LogP contribution in [0.2, 0.25) is 0 Å². The van der Waals surface area contributed by atoms with E-state index in [1.807, 2.05) is 30.3 Å². The Labute approximate surface area is 178 Å². The first-order chi connectivity index (χ1) is 15.1. The molecule has 31 heavy (non-hydrogen) atoms. The van der Waals surface area contributed by atoms with Gasteiger partial charge in [0, 0.05) is 29.5 Å². The van der Waals surface area contributed by atoms with Gasteiger partial charge in [-0.3, -0.25) is 15.1 Å². The van der Waals surface area contributed by atoms with E-state index in [1.54, 1.807) is 37.5 Å². The molecule has 7 heteroatoms. The minimum absolute atomic E-state index is 0.0389. The van der Waals surface area contributed by atoms with E-state index in [1.165, 1.54) is 18.3 Å². The average Bonchev–Trinajstić information content (AvgIpc) is 3.34. The summed E-state index contributed by atoms with van der Waals surface area (Å²) >= 11 is 0. The first kappa shape index (κ1) is 20.0. The molecule has 0 aliphatic heterocycles. The van der Waals surface area contributed by atoms with Crippen molar-refractivity contribution in [2.45, 2.75) is 6.92 Å². The number of furan rings is 1. The van der Waals surface area contributed by atoms with Crippen LogP contribution in [-0.4, -0.2) is 22.5 Å². The van der Waals surface area contributed by atoms with E-state index in [0.717, 1.165) is 5.56 Å². The predicted molar refractivity (Wildman–Crippen MR) is 115 cm³/mol. The van der Waals surface area contributed by atoms with Gasteiger partial charge < -0.3 is 9.15 Å². The summed E-state index contributed by atoms with van der Waals surface area (Å²) in [5.41, 5.74) is 3.48. The fourth-order valence-electron chi connectivity index (χ4n) is 3.41. The number of hydrogen-bond acceptors (Lipinski definition) is 6. The quantitative estimate of drug-likeness (QED) is 0.226. The van der Waals surface area contributed by atoms with E-state index in [2.05, 4.69) is 4.98 Å². The second kappa shape index (κ2) is 8.62. The van der Waals surface area contributed by atoms with E-state index < -0.39 is 10.9 Å². The second-order valence-electron chi connectivity index (χ2n) is 6.64. The summed E-state index contributed by atoms with van der Waals surface area (Å²) in [5.74, 6) is 0.0175. The lowest BCUT2D eigenvalue weighted by Gasteiger charge is -2.17. The molecule has 0 atom stereocenters. The van der Waals surface area contributed by atoms with Crippen LogP contribution in [-0.2, 0) is 4.74 Å². The largest absolute Gasteiger partial charge is 0.463 e. The third kappa shape index (κ3) is 3.93. The van der Waals surface area contributed by atoms with Crippen LogP contribution in [0.5, 0.6) is 0 Å². The summed E-state index contributed by atoms with van der Waals surface area (Å²) < 4.78 is 10.9. The van der Waals surface area contributed by atoms with Gasteiger partial charge in [-0.25, -0.2) is 4.79 Å². The summed E-state index contributed by atoms with van der Waals surface area (Å²) in [6, 6.07) is 19.1. The molecule has 4 rings (SSSR count). The number of nitrogens with zero attached hydrogens (tertiary/aromatic N) is 2. The summed E-state index contributed by atoms with van der Waals surface area (Å²) in [6.07, 6.45) is 3.01. The predicted octanol–water partition coefficient (Wildman–Crippen LogP) is 5.76. The lowest BCUT2D eigenvalue weighted by atomic mass is 9.89. The minimum atomic E-state index is -0.522. The van der Waals surface area contributed by atoms with Gasteiger partial charge in [-0.05, 0) is 42.3 Å². The number of rotatable bonds is 6. The number of carbonyl (C=O) groups excluding carboxylic acids is 1. The molecule has 0 spiro atoms. The minimum Gasteiger partial charge on any atom is -0.463 e. The zero-order valence-corrected chi connectivity index (χ0v) is 16.6. The Morgan fingerprint density at radius 1 is 1.00 bits per heavy atom. The highest BCUT2D eigenvalue weighted by Gasteiger charge is 2.24. The molecule has 0 saturated carbocycles. The van der Waals surface area contributed by atoms with Gasteiger partial charge in [0.25, 0.3) is 5.69 Å². The van der Waals surface area contributed by atoms with Crippen molar-refractivity contribution in [3.63, 3.8) is 0 Å². The van der Waals surface area contributed by atoms with Crippen LogP contribution in [0.15, 0.2) is 83.6 Å². The molecule has 0 aliphatic carbocycles. The smallest absolute Gasteiger partial charge is 0.340 e. The van der Waals surface area contributed by atoms with E-state index >= 15 is 0 Å². The number of non-ortho nitro benzene ring substituents is 1. The topological polar surface area (TPSA) is 95.5 Å². The van der Waals surface area contributed by atoms with Gasteiger partial charge in [0.2, 0.25) is 0 Å². The Hall–Kier alpha value is -4.26. The molecule has 0 radical (unpaired) electrons. The molecular formula is C24H18N2O5. The van der Waals surface area contributed by atoms with Crippen LogP contribution < -0.4 is 0 Å². The van der Waals surface area contributed by atoms with Crippen LogP contribution in [0.1, 0.15) is 17.3 Å². The van der Waals surface area contributed by atoms with Gasteiger partial charge in [-0.2, -0.15) is 0 Å². The number of esters is 1. The van der Waals surface area contributed by atoms with E-state index in [9.17, 15) is 14.9 Å². The Morgan fingerprint density at radius 3 is 2.32 bits per heavy atom. The molecule has 0 fully saturated rings. The Bertz CT molecular complexity index is 1220. The maximum absolute atomic E-state index is 12.8. The van der Waals surface area contributed by atoms with Crippen LogP contribution in [0.3, 0.4) is 0 Å². The van der Waals surface area contributed by atoms with Crippen LogP contribution in [0, 0.1) is 10.1 Å². The van der Waals surface area contributed by atoms with E-state index in [-0.39, 0.29) is 17.9 Å². The zero-order chi connectivity index (χ0) is 21.8. The molecule has 2 heterocycles. The molecule has 0 amide bonds. The van der Waals surface area contributed by atoms with Crippen molar-refractivity contribution in [1.82, 2.24) is 4.98 Å². The van der Waals surface area contributed by atoms with Crippen molar-refractivity contribution in [3.8, 4) is 33.7 Å². The molecule has 2 aromatic heterocycles. The van der Waals surface area contributed by atoms with Crippen LogP contribution in [0.4, 0.5) is 5.69 Å². The molecule has 7 nitrogen and oxygen atoms in total. The standard InChI is InChI=1S/C24H18N2O5/c1-2-30-24(27)19-15-25-23(20-9-6-14-31-20)22(16-7-4-3-5-8-16)21(19)17-10-12-18(13-11-17)26(28)29/h3-15H,2H2,1H3. The zero-order valence-electron chi connectivity index (χ0n) is 16.6. The Balaban J connectivity index is 2.06. The molecule has 0 aliphatic rings. The number of benzene rings is 2. The highest BCUT2D eigenvalue weighted by atomic mass is 16.6. The van der Waals surface area contributed by atoms with Gasteiger partial charge in [0.05, 0.1) is 23.4 Å². The van der Waals surface area contributed by atoms with E-state index in [0.29, 0.717) is 28.1 Å². The summed E-state index contributed by atoms with van der Waals surface area (Å²) in [6.45, 7) is 1.94. The molecular weight excluding hydrogens is 396 g/mol. The average molecular weight is 414 g/mol. The number of nitro benzene ring substituents is 1. The van der Waals surface area contributed by atoms with Gasteiger partial charge in [-0.15, -0.1) is 0 Å². The van der Waals surface area contributed by atoms with Crippen molar-refractivity contribution in [2.75, 3.05) is 6.61 Å². The number of hydrogen-bond donors (Lipinski definition) is 0. The Morgan fingerprint density at radius 2 is 1.71 bits per heavy atom. The molecule has 154 valence electrons. The van der Waals surface area contributed by atoms with Crippen molar-refractivity contribution in [1.29, 1.82) is 0 Å². The number of pyridine rings is 1. The second-order valence-corrected chi connectivity index (χ2v) is 6.64. The SMILES string of the molecule is CCOC(=O)c1cnc(-c2ccco2)c(-c2ccccc2)c1-c1ccc([N+](=O)[O-])cc1. The maximum atomic E-state index is 12.8. The molecule has 0 N–H and O–H groups in total. The van der Waals surface area contributed by atoms with Gasteiger partial charge >= 0.3 is 5.97 Å². The van der Waals surface area contributed by atoms with E-state index in [4.69, 9.17) is 9.15 Å². The van der Waals surface area contributed by atoms with Crippen LogP contribution in [0.25, 0.3) is 33.7 Å². The monoisotopic (exact) mass is 414 g/mol. The maximum Gasteiger partial charge on any atom is 0.340 e. The Kier molecular flexibility index (Phi) is 5.57. The molecule has 0 bridgehead atoms. The summed E-state index contributed by atoms with van der Waals surface area (Å²) in [7, 11) is 0. The third-order valence-corrected chi connectivity index (χ3v) is 4.76. The number of carbonyl (C=O) groups is 1. The summed E-state index contributed by atoms with van der Waals surface area (Å²) in [4.78, 5) is 28.0. The fraction of sp³-hybridized carbons (Fsp3) is 0.0833.